The summed E-state index contributed by atoms with van der Waals surface area (Å²) in [4.78, 5) is 4.65. The van der Waals surface area contributed by atoms with E-state index in [0.717, 1.165) is 32.1 Å². The summed E-state index contributed by atoms with van der Waals surface area (Å²) in [6.45, 7) is 2.06. The van der Waals surface area contributed by atoms with Gasteiger partial charge in [0.2, 0.25) is 0 Å². The van der Waals surface area contributed by atoms with Gasteiger partial charge in [-0.2, -0.15) is 0 Å². The predicted molar refractivity (Wildman–Crippen MR) is 110 cm³/mol. The number of hydrogen-bond acceptors (Lipinski definition) is 5. The molecule has 0 saturated carbocycles. The highest BCUT2D eigenvalue weighted by Gasteiger charge is 2.17. The lowest BCUT2D eigenvalue weighted by atomic mass is 10.2. The number of fused-ring (bicyclic) bond motifs is 1. The highest BCUT2D eigenvalue weighted by Crippen LogP contribution is 2.32. The van der Waals surface area contributed by atoms with Crippen LogP contribution in [0.4, 0.5) is 5.69 Å². The Morgan fingerprint density at radius 2 is 1.77 bits per heavy atom. The van der Waals surface area contributed by atoms with Crippen LogP contribution >= 0.6 is 34.3 Å². The van der Waals surface area contributed by atoms with Gasteiger partial charge in [0.05, 0.1) is 14.6 Å². The van der Waals surface area contributed by atoms with Crippen LogP contribution in [-0.4, -0.2) is 13.4 Å². The van der Waals surface area contributed by atoms with Crippen molar-refractivity contribution in [2.24, 2.45) is 0 Å². The van der Waals surface area contributed by atoms with E-state index in [2.05, 4.69) is 22.7 Å². The molecule has 4 aromatic rings. The van der Waals surface area contributed by atoms with E-state index in [1.54, 1.807) is 29.5 Å². The highest BCUT2D eigenvalue weighted by atomic mass is 35.5. The molecule has 2 aromatic carbocycles. The van der Waals surface area contributed by atoms with E-state index in [4.69, 9.17) is 11.6 Å². The Morgan fingerprint density at radius 1 is 1.00 bits per heavy atom. The zero-order valence-corrected chi connectivity index (χ0v) is 16.8. The first kappa shape index (κ1) is 17.5. The summed E-state index contributed by atoms with van der Waals surface area (Å²) >= 11 is 8.47. The van der Waals surface area contributed by atoms with E-state index in [0.29, 0.717) is 10.0 Å². The van der Waals surface area contributed by atoms with E-state index < -0.39 is 10.0 Å². The molecule has 0 fully saturated rings. The molecule has 0 aliphatic rings. The quantitative estimate of drug-likeness (QED) is 0.454. The number of anilines is 1. The predicted octanol–water partition coefficient (Wildman–Crippen LogP) is 5.79. The average molecular weight is 421 g/mol. The fraction of sp³-hybridized carbons (Fsp3) is 0.0556. The zero-order chi connectivity index (χ0) is 18.3. The Balaban J connectivity index is 1.60. The minimum Gasteiger partial charge on any atom is -0.279 e. The number of sulfonamides is 1. The standard InChI is InChI=1S/C18H13ClN2O2S3/c1-11-2-7-14-15(10-11)24-18(20-14)12-3-5-13(6-4-12)21-26(22,23)17-9-8-16(19)25-17/h2-10,21H,1H3. The van der Waals surface area contributed by atoms with Crippen LogP contribution in [0.5, 0.6) is 0 Å². The van der Waals surface area contributed by atoms with Crippen LogP contribution in [0, 0.1) is 6.92 Å². The van der Waals surface area contributed by atoms with Crippen LogP contribution in [0.1, 0.15) is 5.56 Å². The number of thiophene rings is 1. The molecular formula is C18H13ClN2O2S3. The van der Waals surface area contributed by atoms with Crippen LogP contribution < -0.4 is 4.72 Å². The normalized spacial score (nSPS) is 11.8. The van der Waals surface area contributed by atoms with Crippen molar-refractivity contribution in [3.05, 3.63) is 64.5 Å². The van der Waals surface area contributed by atoms with Crippen LogP contribution in [0.3, 0.4) is 0 Å². The second-order valence-electron chi connectivity index (χ2n) is 5.73. The minimum atomic E-state index is -3.62. The maximum atomic E-state index is 12.3. The van der Waals surface area contributed by atoms with Gasteiger partial charge in [-0.25, -0.2) is 13.4 Å². The summed E-state index contributed by atoms with van der Waals surface area (Å²) in [5, 5.41) is 0.907. The van der Waals surface area contributed by atoms with E-state index in [1.165, 1.54) is 11.6 Å². The smallest absolute Gasteiger partial charge is 0.271 e. The topological polar surface area (TPSA) is 59.1 Å². The Morgan fingerprint density at radius 3 is 2.46 bits per heavy atom. The SMILES string of the molecule is Cc1ccc2nc(-c3ccc(NS(=O)(=O)c4ccc(Cl)s4)cc3)sc2c1. The molecule has 0 amide bonds. The lowest BCUT2D eigenvalue weighted by Crippen LogP contribution is -2.11. The molecule has 0 bridgehead atoms. The second-order valence-corrected chi connectivity index (χ2v) is 10.4. The molecule has 0 saturated heterocycles. The van der Waals surface area contributed by atoms with Crippen molar-refractivity contribution in [2.45, 2.75) is 11.1 Å². The molecule has 0 unspecified atom stereocenters. The fourth-order valence-electron chi connectivity index (χ4n) is 2.48. The fourth-order valence-corrected chi connectivity index (χ4v) is 6.09. The number of nitrogens with zero attached hydrogens (tertiary/aromatic N) is 1. The average Bonchev–Trinajstić information content (AvgIpc) is 3.21. The summed E-state index contributed by atoms with van der Waals surface area (Å²) in [6.07, 6.45) is 0. The number of aryl methyl sites for hydroxylation is 1. The molecule has 0 aliphatic heterocycles. The van der Waals surface area contributed by atoms with E-state index in [9.17, 15) is 8.42 Å². The zero-order valence-electron chi connectivity index (χ0n) is 13.6. The Kier molecular flexibility index (Phi) is 4.48. The van der Waals surface area contributed by atoms with Gasteiger partial charge >= 0.3 is 0 Å². The van der Waals surface area contributed by atoms with Crippen molar-refractivity contribution in [3.63, 3.8) is 0 Å². The first-order chi connectivity index (χ1) is 12.4. The second kappa shape index (κ2) is 6.66. The Hall–Kier alpha value is -1.93. The first-order valence-electron chi connectivity index (χ1n) is 7.66. The maximum Gasteiger partial charge on any atom is 0.271 e. The van der Waals surface area contributed by atoms with E-state index in [1.807, 2.05) is 24.3 Å². The van der Waals surface area contributed by atoms with Crippen LogP contribution in [0.15, 0.2) is 58.8 Å². The van der Waals surface area contributed by atoms with Gasteiger partial charge in [-0.1, -0.05) is 17.7 Å². The summed E-state index contributed by atoms with van der Waals surface area (Å²) < 4.78 is 29.0. The van der Waals surface area contributed by atoms with Gasteiger partial charge in [-0.05, 0) is 61.0 Å². The third-order valence-electron chi connectivity index (χ3n) is 3.74. The van der Waals surface area contributed by atoms with Crippen molar-refractivity contribution < 1.29 is 8.42 Å². The van der Waals surface area contributed by atoms with Crippen molar-refractivity contribution in [3.8, 4) is 10.6 Å². The molecule has 4 nitrogen and oxygen atoms in total. The van der Waals surface area contributed by atoms with Crippen LogP contribution in [0.25, 0.3) is 20.8 Å². The summed E-state index contributed by atoms with van der Waals surface area (Å²) in [7, 11) is -3.62. The minimum absolute atomic E-state index is 0.188. The number of nitrogens with one attached hydrogen (secondary N) is 1. The van der Waals surface area contributed by atoms with Gasteiger partial charge in [0.25, 0.3) is 10.0 Å². The van der Waals surface area contributed by atoms with Gasteiger partial charge in [-0.3, -0.25) is 4.72 Å². The van der Waals surface area contributed by atoms with Gasteiger partial charge in [-0.15, -0.1) is 22.7 Å². The van der Waals surface area contributed by atoms with Crippen LogP contribution in [-0.2, 0) is 10.0 Å². The Bertz CT molecular complexity index is 1190. The summed E-state index contributed by atoms with van der Waals surface area (Å²) in [5.41, 5.74) is 3.61. The van der Waals surface area contributed by atoms with Gasteiger partial charge < -0.3 is 0 Å². The van der Waals surface area contributed by atoms with E-state index >= 15 is 0 Å². The molecule has 8 heteroatoms. The highest BCUT2D eigenvalue weighted by molar-refractivity contribution is 7.94. The van der Waals surface area contributed by atoms with Crippen molar-refractivity contribution in [1.82, 2.24) is 4.98 Å². The number of aromatic nitrogens is 1. The lowest BCUT2D eigenvalue weighted by molar-refractivity contribution is 0.603. The summed E-state index contributed by atoms with van der Waals surface area (Å²) in [6, 6.07) is 16.4. The van der Waals surface area contributed by atoms with Gasteiger partial charge in [0, 0.05) is 11.3 Å². The first-order valence-corrected chi connectivity index (χ1v) is 11.2. The molecule has 0 spiro atoms. The molecule has 132 valence electrons. The lowest BCUT2D eigenvalue weighted by Gasteiger charge is -2.06. The van der Waals surface area contributed by atoms with E-state index in [-0.39, 0.29) is 4.21 Å². The molecule has 0 aliphatic carbocycles. The summed E-state index contributed by atoms with van der Waals surface area (Å²) in [5.74, 6) is 0. The largest absolute Gasteiger partial charge is 0.279 e. The molecule has 2 heterocycles. The number of benzene rings is 2. The van der Waals surface area contributed by atoms with Crippen LogP contribution in [0.2, 0.25) is 4.34 Å². The molecule has 1 N–H and O–H groups in total. The Labute approximate surface area is 164 Å². The monoisotopic (exact) mass is 420 g/mol. The van der Waals surface area contributed by atoms with Gasteiger partial charge in [0.1, 0.15) is 9.22 Å². The number of rotatable bonds is 4. The van der Waals surface area contributed by atoms with Crippen molar-refractivity contribution in [1.29, 1.82) is 0 Å². The van der Waals surface area contributed by atoms with Gasteiger partial charge in [0.15, 0.2) is 0 Å². The molecule has 0 radical (unpaired) electrons. The number of thiazole rings is 1. The molecular weight excluding hydrogens is 408 g/mol. The number of hydrogen-bond donors (Lipinski definition) is 1. The third-order valence-corrected chi connectivity index (χ3v) is 7.91. The molecule has 2 aromatic heterocycles. The van der Waals surface area contributed by atoms with Crippen molar-refractivity contribution >= 4 is 60.2 Å². The third kappa shape index (κ3) is 3.48. The molecule has 4 rings (SSSR count). The molecule has 0 atom stereocenters. The molecule has 26 heavy (non-hydrogen) atoms. The number of halogens is 1. The van der Waals surface area contributed by atoms with Crippen molar-refractivity contribution in [2.75, 3.05) is 4.72 Å². The maximum absolute atomic E-state index is 12.3.